The van der Waals surface area contributed by atoms with Crippen molar-refractivity contribution in [1.29, 1.82) is 0 Å². The zero-order valence-corrected chi connectivity index (χ0v) is 8.80. The van der Waals surface area contributed by atoms with E-state index in [2.05, 4.69) is 13.2 Å². The molecule has 3 nitrogen and oxygen atoms in total. The van der Waals surface area contributed by atoms with Gasteiger partial charge >= 0.3 is 0 Å². The first-order valence-electron chi connectivity index (χ1n) is 4.74. The third-order valence-electron chi connectivity index (χ3n) is 1.74. The lowest BCUT2D eigenvalue weighted by atomic mass is 10.2. The van der Waals surface area contributed by atoms with Crippen LogP contribution >= 0.6 is 0 Å². The maximum absolute atomic E-state index is 8.72. The number of aliphatic hydroxyl groups excluding tert-OH is 2. The van der Waals surface area contributed by atoms with E-state index in [4.69, 9.17) is 14.9 Å². The Morgan fingerprint density at radius 1 is 1.07 bits per heavy atom. The third kappa shape index (κ3) is 6.01. The lowest BCUT2D eigenvalue weighted by Crippen LogP contribution is -2.21. The van der Waals surface area contributed by atoms with E-state index < -0.39 is 6.10 Å². The first-order valence-corrected chi connectivity index (χ1v) is 4.74. The predicted molar refractivity (Wildman–Crippen MR) is 60.4 cm³/mol. The van der Waals surface area contributed by atoms with Crippen LogP contribution in [0.25, 0.3) is 0 Å². The van der Waals surface area contributed by atoms with Crippen molar-refractivity contribution in [3.63, 3.8) is 0 Å². The lowest BCUT2D eigenvalue weighted by molar-refractivity contribution is -0.0284. The van der Waals surface area contributed by atoms with Gasteiger partial charge < -0.3 is 14.9 Å². The summed E-state index contributed by atoms with van der Waals surface area (Å²) in [4.78, 5) is 0. The van der Waals surface area contributed by atoms with Crippen molar-refractivity contribution < 1.29 is 14.9 Å². The molecule has 3 heteroatoms. The molecule has 0 amide bonds. The van der Waals surface area contributed by atoms with Gasteiger partial charge in [0.25, 0.3) is 0 Å². The predicted octanol–water partition coefficient (Wildman–Crippen LogP) is 1.36. The second-order valence-electron chi connectivity index (χ2n) is 2.78. The van der Waals surface area contributed by atoms with E-state index in [1.165, 1.54) is 0 Å². The van der Waals surface area contributed by atoms with Gasteiger partial charge in [0.2, 0.25) is 0 Å². The van der Waals surface area contributed by atoms with Crippen LogP contribution in [0.15, 0.2) is 43.5 Å². The SMILES string of the molecule is C=C.OCC(CO)OCc1ccccc1. The van der Waals surface area contributed by atoms with Gasteiger partial charge in [-0.25, -0.2) is 0 Å². The molecule has 0 atom stereocenters. The zero-order valence-electron chi connectivity index (χ0n) is 8.80. The molecule has 0 aliphatic heterocycles. The van der Waals surface area contributed by atoms with Crippen LogP contribution in [0, 0.1) is 0 Å². The molecule has 1 aromatic carbocycles. The highest BCUT2D eigenvalue weighted by molar-refractivity contribution is 5.13. The van der Waals surface area contributed by atoms with Crippen LogP contribution in [0.4, 0.5) is 0 Å². The van der Waals surface area contributed by atoms with Crippen LogP contribution in [0.3, 0.4) is 0 Å². The number of aliphatic hydroxyl groups is 2. The number of ether oxygens (including phenoxy) is 1. The standard InChI is InChI=1S/C10H14O3.C2H4/c11-6-10(7-12)13-8-9-4-2-1-3-5-9;1-2/h1-5,10-12H,6-8H2;1-2H2. The Morgan fingerprint density at radius 2 is 1.60 bits per heavy atom. The summed E-state index contributed by atoms with van der Waals surface area (Å²) >= 11 is 0. The Morgan fingerprint density at radius 3 is 2.07 bits per heavy atom. The molecule has 0 unspecified atom stereocenters. The minimum absolute atomic E-state index is 0.149. The highest BCUT2D eigenvalue weighted by Crippen LogP contribution is 2.02. The molecule has 0 aromatic heterocycles. The Bertz CT molecular complexity index is 232. The summed E-state index contributed by atoms with van der Waals surface area (Å²) in [6, 6.07) is 9.65. The lowest BCUT2D eigenvalue weighted by Gasteiger charge is -2.11. The van der Waals surface area contributed by atoms with Gasteiger partial charge in [-0.15, -0.1) is 13.2 Å². The Hall–Kier alpha value is -1.16. The van der Waals surface area contributed by atoms with Crippen LogP contribution in [-0.2, 0) is 11.3 Å². The van der Waals surface area contributed by atoms with Crippen molar-refractivity contribution in [2.45, 2.75) is 12.7 Å². The molecule has 0 bridgehead atoms. The molecule has 0 spiro atoms. The molecule has 1 aromatic rings. The fraction of sp³-hybridized carbons (Fsp3) is 0.333. The Labute approximate surface area is 90.6 Å². The minimum atomic E-state index is -0.472. The first-order chi connectivity index (χ1) is 7.36. The summed E-state index contributed by atoms with van der Waals surface area (Å²) in [7, 11) is 0. The Kier molecular flexibility index (Phi) is 8.67. The van der Waals surface area contributed by atoms with Crippen molar-refractivity contribution >= 4 is 0 Å². The molecular weight excluding hydrogens is 192 g/mol. The summed E-state index contributed by atoms with van der Waals surface area (Å²) in [6.45, 7) is 6.12. The molecule has 0 aliphatic carbocycles. The maximum atomic E-state index is 8.72. The average Bonchev–Trinajstić information content (AvgIpc) is 2.34. The summed E-state index contributed by atoms with van der Waals surface area (Å²) in [6.07, 6.45) is -0.472. The van der Waals surface area contributed by atoms with Crippen molar-refractivity contribution in [2.24, 2.45) is 0 Å². The monoisotopic (exact) mass is 210 g/mol. The highest BCUT2D eigenvalue weighted by Gasteiger charge is 2.04. The quantitative estimate of drug-likeness (QED) is 0.721. The molecule has 0 saturated heterocycles. The smallest absolute Gasteiger partial charge is 0.104 e. The van der Waals surface area contributed by atoms with Crippen LogP contribution < -0.4 is 0 Å². The number of hydrogen-bond acceptors (Lipinski definition) is 3. The second-order valence-corrected chi connectivity index (χ2v) is 2.78. The van der Waals surface area contributed by atoms with Gasteiger partial charge in [-0.05, 0) is 5.56 Å². The van der Waals surface area contributed by atoms with Crippen molar-refractivity contribution in [3.05, 3.63) is 49.1 Å². The molecule has 0 fully saturated rings. The van der Waals surface area contributed by atoms with Gasteiger partial charge in [-0.3, -0.25) is 0 Å². The van der Waals surface area contributed by atoms with Gasteiger partial charge in [0, 0.05) is 0 Å². The first kappa shape index (κ1) is 13.8. The topological polar surface area (TPSA) is 49.7 Å². The van der Waals surface area contributed by atoms with Crippen LogP contribution in [-0.4, -0.2) is 29.5 Å². The molecule has 0 saturated carbocycles. The molecular formula is C12H18O3. The van der Waals surface area contributed by atoms with Crippen LogP contribution in [0.5, 0.6) is 0 Å². The van der Waals surface area contributed by atoms with Crippen LogP contribution in [0.2, 0.25) is 0 Å². The largest absolute Gasteiger partial charge is 0.394 e. The van der Waals surface area contributed by atoms with E-state index in [-0.39, 0.29) is 13.2 Å². The number of hydrogen-bond donors (Lipinski definition) is 2. The molecule has 2 N–H and O–H groups in total. The van der Waals surface area contributed by atoms with Crippen molar-refractivity contribution in [2.75, 3.05) is 13.2 Å². The van der Waals surface area contributed by atoms with E-state index in [0.29, 0.717) is 6.61 Å². The summed E-state index contributed by atoms with van der Waals surface area (Å²) in [5.41, 5.74) is 1.04. The van der Waals surface area contributed by atoms with Crippen molar-refractivity contribution in [1.82, 2.24) is 0 Å². The normalized spacial score (nSPS) is 9.53. The Balaban J connectivity index is 0.000000921. The summed E-state index contributed by atoms with van der Waals surface area (Å²) < 4.78 is 5.23. The second kappa shape index (κ2) is 9.40. The maximum Gasteiger partial charge on any atom is 0.104 e. The van der Waals surface area contributed by atoms with Gasteiger partial charge in [0.15, 0.2) is 0 Å². The van der Waals surface area contributed by atoms with E-state index in [1.807, 2.05) is 30.3 Å². The van der Waals surface area contributed by atoms with Gasteiger partial charge in [-0.1, -0.05) is 30.3 Å². The van der Waals surface area contributed by atoms with Crippen molar-refractivity contribution in [3.8, 4) is 0 Å². The number of rotatable bonds is 5. The fourth-order valence-electron chi connectivity index (χ4n) is 0.951. The highest BCUT2D eigenvalue weighted by atomic mass is 16.5. The van der Waals surface area contributed by atoms with E-state index in [0.717, 1.165) is 5.56 Å². The number of benzene rings is 1. The third-order valence-corrected chi connectivity index (χ3v) is 1.74. The van der Waals surface area contributed by atoms with E-state index in [1.54, 1.807) is 0 Å². The summed E-state index contributed by atoms with van der Waals surface area (Å²) in [5.74, 6) is 0. The summed E-state index contributed by atoms with van der Waals surface area (Å²) in [5, 5.41) is 17.4. The molecule has 1 rings (SSSR count). The average molecular weight is 210 g/mol. The molecule has 0 radical (unpaired) electrons. The van der Waals surface area contributed by atoms with Gasteiger partial charge in [-0.2, -0.15) is 0 Å². The van der Waals surface area contributed by atoms with Gasteiger partial charge in [0.1, 0.15) is 6.10 Å². The zero-order chi connectivity index (χ0) is 11.5. The molecule has 84 valence electrons. The molecule has 0 heterocycles. The van der Waals surface area contributed by atoms with E-state index >= 15 is 0 Å². The van der Waals surface area contributed by atoms with Gasteiger partial charge in [0.05, 0.1) is 19.8 Å². The minimum Gasteiger partial charge on any atom is -0.394 e. The van der Waals surface area contributed by atoms with E-state index in [9.17, 15) is 0 Å². The fourth-order valence-corrected chi connectivity index (χ4v) is 0.951. The molecule has 0 aliphatic rings. The molecule has 15 heavy (non-hydrogen) atoms. The van der Waals surface area contributed by atoms with Crippen LogP contribution in [0.1, 0.15) is 5.56 Å².